The van der Waals surface area contributed by atoms with E-state index in [-0.39, 0.29) is 5.82 Å². The van der Waals surface area contributed by atoms with Crippen LogP contribution >= 0.6 is 0 Å². The second-order valence-electron chi connectivity index (χ2n) is 5.50. The van der Waals surface area contributed by atoms with Crippen molar-refractivity contribution >= 4 is 16.5 Å². The normalized spacial score (nSPS) is 12.1. The van der Waals surface area contributed by atoms with Gasteiger partial charge >= 0.3 is 0 Å². The van der Waals surface area contributed by atoms with Gasteiger partial charge in [0.05, 0.1) is 17.9 Å². The van der Waals surface area contributed by atoms with Crippen LogP contribution < -0.4 is 5.32 Å². The van der Waals surface area contributed by atoms with Crippen molar-refractivity contribution in [2.45, 2.75) is 12.3 Å². The number of hydrogen-bond donors (Lipinski definition) is 1. The third-order valence-electron chi connectivity index (χ3n) is 3.51. The highest BCUT2D eigenvalue weighted by Gasteiger charge is 2.03. The summed E-state index contributed by atoms with van der Waals surface area (Å²) in [6.45, 7) is 0.576. The van der Waals surface area contributed by atoms with Crippen LogP contribution in [0.1, 0.15) is 11.3 Å². The molecular weight excluding hydrogens is 325 g/mol. The lowest BCUT2D eigenvalue weighted by molar-refractivity contribution is 0.627. The first-order valence-corrected chi connectivity index (χ1v) is 9.26. The minimum Gasteiger partial charge on any atom is -0.379 e. The highest BCUT2D eigenvalue weighted by atomic mass is 32.2. The first-order valence-electron chi connectivity index (χ1n) is 7.53. The molecule has 1 unspecified atom stereocenters. The SMILES string of the molecule is CS(=O)Cc1cccc(NCc2ccn(-c3ccc(F)cc3)n2)c1. The summed E-state index contributed by atoms with van der Waals surface area (Å²) in [6.07, 6.45) is 3.54. The number of anilines is 1. The third kappa shape index (κ3) is 4.29. The van der Waals surface area contributed by atoms with Crippen LogP contribution in [-0.4, -0.2) is 20.2 Å². The van der Waals surface area contributed by atoms with E-state index in [4.69, 9.17) is 0 Å². The van der Waals surface area contributed by atoms with Crippen molar-refractivity contribution in [3.63, 3.8) is 0 Å². The number of nitrogens with zero attached hydrogens (tertiary/aromatic N) is 2. The lowest BCUT2D eigenvalue weighted by Gasteiger charge is -2.07. The minimum atomic E-state index is -0.854. The predicted octanol–water partition coefficient (Wildman–Crippen LogP) is 3.50. The van der Waals surface area contributed by atoms with E-state index >= 15 is 0 Å². The van der Waals surface area contributed by atoms with Crippen molar-refractivity contribution in [2.24, 2.45) is 0 Å². The van der Waals surface area contributed by atoms with E-state index in [0.29, 0.717) is 12.3 Å². The highest BCUT2D eigenvalue weighted by Crippen LogP contribution is 2.14. The summed E-state index contributed by atoms with van der Waals surface area (Å²) < 4.78 is 26.0. The van der Waals surface area contributed by atoms with Crippen LogP contribution in [0.2, 0.25) is 0 Å². The molecule has 0 aliphatic heterocycles. The molecule has 2 aromatic carbocycles. The van der Waals surface area contributed by atoms with Crippen LogP contribution in [0.15, 0.2) is 60.8 Å². The maximum Gasteiger partial charge on any atom is 0.123 e. The molecule has 0 spiro atoms. The van der Waals surface area contributed by atoms with E-state index in [1.165, 1.54) is 12.1 Å². The zero-order valence-electron chi connectivity index (χ0n) is 13.3. The van der Waals surface area contributed by atoms with Gasteiger partial charge in [0.1, 0.15) is 5.82 Å². The van der Waals surface area contributed by atoms with Gasteiger partial charge in [-0.15, -0.1) is 0 Å². The maximum absolute atomic E-state index is 13.0. The van der Waals surface area contributed by atoms with Gasteiger partial charge in [0, 0.05) is 34.7 Å². The molecule has 0 saturated carbocycles. The van der Waals surface area contributed by atoms with Crippen molar-refractivity contribution in [3.8, 4) is 5.69 Å². The number of nitrogens with one attached hydrogen (secondary N) is 1. The lowest BCUT2D eigenvalue weighted by Crippen LogP contribution is -2.03. The Balaban J connectivity index is 1.65. The molecule has 0 aliphatic rings. The van der Waals surface area contributed by atoms with Crippen molar-refractivity contribution in [3.05, 3.63) is 77.9 Å². The van der Waals surface area contributed by atoms with Crippen LogP contribution in [0.25, 0.3) is 5.69 Å². The summed E-state index contributed by atoms with van der Waals surface area (Å²) in [5, 5.41) is 7.79. The van der Waals surface area contributed by atoms with Crippen LogP contribution in [0.4, 0.5) is 10.1 Å². The first-order chi connectivity index (χ1) is 11.6. The number of benzene rings is 2. The molecule has 1 N–H and O–H groups in total. The average molecular weight is 343 g/mol. The van der Waals surface area contributed by atoms with Gasteiger partial charge in [-0.3, -0.25) is 4.21 Å². The molecule has 0 radical (unpaired) electrons. The Morgan fingerprint density at radius 2 is 1.96 bits per heavy atom. The molecule has 0 fully saturated rings. The second kappa shape index (κ2) is 7.40. The Labute approximate surface area is 142 Å². The minimum absolute atomic E-state index is 0.263. The topological polar surface area (TPSA) is 46.9 Å². The van der Waals surface area contributed by atoms with Gasteiger partial charge in [-0.05, 0) is 48.0 Å². The molecule has 24 heavy (non-hydrogen) atoms. The molecule has 0 amide bonds. The number of halogens is 1. The lowest BCUT2D eigenvalue weighted by atomic mass is 10.2. The summed E-state index contributed by atoms with van der Waals surface area (Å²) >= 11 is 0. The van der Waals surface area contributed by atoms with Gasteiger partial charge in [0.25, 0.3) is 0 Å². The fourth-order valence-electron chi connectivity index (χ4n) is 2.39. The largest absolute Gasteiger partial charge is 0.379 e. The molecule has 0 bridgehead atoms. The fourth-order valence-corrected chi connectivity index (χ4v) is 3.04. The maximum atomic E-state index is 13.0. The Bertz CT molecular complexity index is 845. The van der Waals surface area contributed by atoms with E-state index in [2.05, 4.69) is 10.4 Å². The Morgan fingerprint density at radius 3 is 2.71 bits per heavy atom. The molecule has 1 aromatic heterocycles. The van der Waals surface area contributed by atoms with Gasteiger partial charge in [-0.1, -0.05) is 12.1 Å². The monoisotopic (exact) mass is 343 g/mol. The number of rotatable bonds is 6. The fraction of sp³-hybridized carbons (Fsp3) is 0.167. The Hall–Kier alpha value is -2.47. The van der Waals surface area contributed by atoms with E-state index in [1.54, 1.807) is 23.1 Å². The highest BCUT2D eigenvalue weighted by molar-refractivity contribution is 7.83. The Morgan fingerprint density at radius 1 is 1.17 bits per heavy atom. The second-order valence-corrected chi connectivity index (χ2v) is 6.93. The average Bonchev–Trinajstić information content (AvgIpc) is 3.02. The first kappa shape index (κ1) is 16.4. The van der Waals surface area contributed by atoms with E-state index in [9.17, 15) is 8.60 Å². The molecule has 3 aromatic rings. The molecule has 6 heteroatoms. The van der Waals surface area contributed by atoms with Crippen molar-refractivity contribution in [2.75, 3.05) is 11.6 Å². The van der Waals surface area contributed by atoms with Crippen LogP contribution in [-0.2, 0) is 23.1 Å². The van der Waals surface area contributed by atoms with Crippen molar-refractivity contribution in [1.29, 1.82) is 0 Å². The summed E-state index contributed by atoms with van der Waals surface area (Å²) in [5.74, 6) is 0.287. The van der Waals surface area contributed by atoms with Gasteiger partial charge < -0.3 is 5.32 Å². The zero-order valence-corrected chi connectivity index (χ0v) is 14.1. The van der Waals surface area contributed by atoms with Gasteiger partial charge in [0.2, 0.25) is 0 Å². The van der Waals surface area contributed by atoms with Crippen molar-refractivity contribution < 1.29 is 8.60 Å². The molecule has 4 nitrogen and oxygen atoms in total. The number of hydrogen-bond acceptors (Lipinski definition) is 3. The van der Waals surface area contributed by atoms with E-state index in [1.807, 2.05) is 36.5 Å². The van der Waals surface area contributed by atoms with Crippen LogP contribution in [0.3, 0.4) is 0 Å². The smallest absolute Gasteiger partial charge is 0.123 e. The summed E-state index contributed by atoms with van der Waals surface area (Å²) in [6, 6.07) is 16.0. The molecule has 124 valence electrons. The molecule has 0 aliphatic carbocycles. The van der Waals surface area contributed by atoms with Crippen molar-refractivity contribution in [1.82, 2.24) is 9.78 Å². The Kier molecular flexibility index (Phi) is 5.05. The van der Waals surface area contributed by atoms with Gasteiger partial charge in [-0.2, -0.15) is 5.10 Å². The molecule has 1 heterocycles. The predicted molar refractivity (Wildman–Crippen MR) is 95.1 cm³/mol. The summed E-state index contributed by atoms with van der Waals surface area (Å²) in [5.41, 5.74) is 3.70. The molecule has 1 atom stereocenters. The number of aromatic nitrogens is 2. The molecular formula is C18H18FN3OS. The van der Waals surface area contributed by atoms with E-state index < -0.39 is 10.8 Å². The summed E-state index contributed by atoms with van der Waals surface area (Å²) in [7, 11) is -0.854. The van der Waals surface area contributed by atoms with Crippen LogP contribution in [0.5, 0.6) is 0 Å². The summed E-state index contributed by atoms with van der Waals surface area (Å²) in [4.78, 5) is 0. The van der Waals surface area contributed by atoms with Gasteiger partial charge in [0.15, 0.2) is 0 Å². The quantitative estimate of drug-likeness (QED) is 0.745. The third-order valence-corrected chi connectivity index (χ3v) is 4.25. The van der Waals surface area contributed by atoms with Gasteiger partial charge in [-0.25, -0.2) is 9.07 Å². The molecule has 0 saturated heterocycles. The molecule has 3 rings (SSSR count). The van der Waals surface area contributed by atoms with E-state index in [0.717, 1.165) is 22.6 Å². The standard InChI is InChI=1S/C18H18FN3OS/c1-24(23)13-14-3-2-4-16(11-14)20-12-17-9-10-22(21-17)18-7-5-15(19)6-8-18/h2-11,20H,12-13H2,1H3. The zero-order chi connectivity index (χ0) is 16.9. The van der Waals surface area contributed by atoms with Crippen LogP contribution in [0, 0.1) is 5.82 Å².